The van der Waals surface area contributed by atoms with Crippen LogP contribution >= 0.6 is 23.1 Å². The minimum atomic E-state index is -0.294. The number of aromatic amines is 1. The van der Waals surface area contributed by atoms with E-state index >= 15 is 0 Å². The molecular weight excluding hydrogens is 318 g/mol. The molecule has 1 aliphatic carbocycles. The summed E-state index contributed by atoms with van der Waals surface area (Å²) < 4.78 is 0. The zero-order chi connectivity index (χ0) is 15.7. The van der Waals surface area contributed by atoms with E-state index in [0.29, 0.717) is 23.9 Å². The first kappa shape index (κ1) is 15.6. The molecule has 1 atom stereocenters. The van der Waals surface area contributed by atoms with Crippen molar-refractivity contribution in [2.75, 3.05) is 5.75 Å². The van der Waals surface area contributed by atoms with Gasteiger partial charge in [-0.05, 0) is 37.2 Å². The first-order chi connectivity index (χ1) is 10.5. The first-order valence-electron chi connectivity index (χ1n) is 7.50. The maximum atomic E-state index is 12.4. The second-order valence-corrected chi connectivity index (χ2v) is 7.99. The topological polar surface area (TPSA) is 88.8 Å². The summed E-state index contributed by atoms with van der Waals surface area (Å²) in [5.41, 5.74) is 6.29. The summed E-state index contributed by atoms with van der Waals surface area (Å²) in [5.74, 6) is 1.11. The van der Waals surface area contributed by atoms with Gasteiger partial charge in [0.2, 0.25) is 5.91 Å². The molecule has 118 valence electrons. The van der Waals surface area contributed by atoms with E-state index in [1.807, 2.05) is 0 Å². The van der Waals surface area contributed by atoms with Crippen LogP contribution in [0.3, 0.4) is 0 Å². The molecule has 0 fully saturated rings. The number of hydrogen-bond acceptors (Lipinski definition) is 5. The fraction of sp³-hybridized carbons (Fsp3) is 0.533. The van der Waals surface area contributed by atoms with Gasteiger partial charge in [-0.1, -0.05) is 18.7 Å². The maximum Gasteiger partial charge on any atom is 0.260 e. The summed E-state index contributed by atoms with van der Waals surface area (Å²) in [6, 6.07) is 0. The Kier molecular flexibility index (Phi) is 4.54. The van der Waals surface area contributed by atoms with Gasteiger partial charge in [-0.15, -0.1) is 11.3 Å². The van der Waals surface area contributed by atoms with Gasteiger partial charge in [0.15, 0.2) is 5.16 Å². The van der Waals surface area contributed by atoms with Gasteiger partial charge in [-0.25, -0.2) is 4.98 Å². The van der Waals surface area contributed by atoms with Crippen molar-refractivity contribution in [3.05, 3.63) is 20.8 Å². The lowest BCUT2D eigenvalue weighted by molar-refractivity contribution is -0.118. The Morgan fingerprint density at radius 3 is 3.14 bits per heavy atom. The van der Waals surface area contributed by atoms with E-state index < -0.39 is 0 Å². The monoisotopic (exact) mass is 337 g/mol. The van der Waals surface area contributed by atoms with Crippen LogP contribution in [-0.4, -0.2) is 21.6 Å². The van der Waals surface area contributed by atoms with Gasteiger partial charge < -0.3 is 10.7 Å². The number of nitrogens with zero attached hydrogens (tertiary/aromatic N) is 1. The van der Waals surface area contributed by atoms with Gasteiger partial charge in [0.25, 0.3) is 5.56 Å². The molecule has 3 N–H and O–H groups in total. The molecular formula is C15H19N3O2S2. The number of thiophene rings is 1. The Hall–Kier alpha value is -1.34. The highest BCUT2D eigenvalue weighted by Crippen LogP contribution is 2.36. The lowest BCUT2D eigenvalue weighted by atomic mass is 9.89. The number of nitrogens with one attached hydrogen (secondary N) is 1. The number of rotatable bonds is 5. The molecule has 0 saturated carbocycles. The Morgan fingerprint density at radius 1 is 1.55 bits per heavy atom. The first-order valence-corrected chi connectivity index (χ1v) is 9.30. The molecule has 2 aromatic rings. The summed E-state index contributed by atoms with van der Waals surface area (Å²) >= 11 is 3.13. The molecule has 22 heavy (non-hydrogen) atoms. The van der Waals surface area contributed by atoms with Gasteiger partial charge >= 0.3 is 0 Å². The van der Waals surface area contributed by atoms with Crippen LogP contribution in [0, 0.1) is 5.92 Å². The van der Waals surface area contributed by atoms with Crippen molar-refractivity contribution in [2.45, 2.75) is 44.2 Å². The van der Waals surface area contributed by atoms with Gasteiger partial charge in [0, 0.05) is 17.1 Å². The fourth-order valence-corrected chi connectivity index (χ4v) is 5.06. The molecule has 0 aliphatic heterocycles. The average molecular weight is 337 g/mol. The van der Waals surface area contributed by atoms with Gasteiger partial charge in [-0.3, -0.25) is 9.59 Å². The summed E-state index contributed by atoms with van der Waals surface area (Å²) in [6.07, 6.45) is 4.23. The molecule has 2 heterocycles. The summed E-state index contributed by atoms with van der Waals surface area (Å²) in [4.78, 5) is 32.7. The Labute approximate surface area is 136 Å². The van der Waals surface area contributed by atoms with Gasteiger partial charge in [0.1, 0.15) is 4.83 Å². The standard InChI is InChI=1S/C15H19N3O2S2/c1-8-4-5-9-10(7-8)22-14-12(9)13(20)17-15(18-14)21-6-2-3-11(16)19/h8H,2-7H2,1H3,(H2,16,19)(H,17,18,20). The summed E-state index contributed by atoms with van der Waals surface area (Å²) in [6.45, 7) is 2.25. The molecule has 1 amide bonds. The second-order valence-electron chi connectivity index (χ2n) is 5.82. The predicted molar refractivity (Wildman–Crippen MR) is 90.6 cm³/mol. The molecule has 2 aromatic heterocycles. The van der Waals surface area contributed by atoms with E-state index in [1.54, 1.807) is 11.3 Å². The van der Waals surface area contributed by atoms with E-state index in [1.165, 1.54) is 22.2 Å². The number of fused-ring (bicyclic) bond motifs is 3. The minimum absolute atomic E-state index is 0.0329. The third-order valence-corrected chi connectivity index (χ3v) is 6.06. The van der Waals surface area contributed by atoms with Crippen LogP contribution in [0.2, 0.25) is 0 Å². The zero-order valence-electron chi connectivity index (χ0n) is 12.5. The largest absolute Gasteiger partial charge is 0.370 e. The number of hydrogen-bond donors (Lipinski definition) is 2. The van der Waals surface area contributed by atoms with E-state index in [9.17, 15) is 9.59 Å². The van der Waals surface area contributed by atoms with Crippen molar-refractivity contribution in [1.82, 2.24) is 9.97 Å². The number of primary amides is 1. The second kappa shape index (κ2) is 6.42. The summed E-state index contributed by atoms with van der Waals surface area (Å²) in [5, 5.41) is 1.42. The van der Waals surface area contributed by atoms with Gasteiger partial charge in [-0.2, -0.15) is 0 Å². The smallest absolute Gasteiger partial charge is 0.260 e. The third kappa shape index (κ3) is 3.20. The SMILES string of the molecule is CC1CCc2c(sc3nc(SCCCC(N)=O)[nH]c(=O)c23)C1. The number of aromatic nitrogens is 2. The molecule has 0 bridgehead atoms. The highest BCUT2D eigenvalue weighted by atomic mass is 32.2. The number of thioether (sulfide) groups is 1. The molecule has 1 unspecified atom stereocenters. The van der Waals surface area contributed by atoms with E-state index in [-0.39, 0.29) is 11.5 Å². The van der Waals surface area contributed by atoms with Crippen LogP contribution in [0.15, 0.2) is 9.95 Å². The Balaban J connectivity index is 1.83. The van der Waals surface area contributed by atoms with Crippen molar-refractivity contribution < 1.29 is 4.79 Å². The van der Waals surface area contributed by atoms with E-state index in [0.717, 1.165) is 35.2 Å². The van der Waals surface area contributed by atoms with Crippen LogP contribution in [0.4, 0.5) is 0 Å². The maximum absolute atomic E-state index is 12.4. The number of carbonyl (C=O) groups excluding carboxylic acids is 1. The van der Waals surface area contributed by atoms with E-state index in [2.05, 4.69) is 16.9 Å². The lowest BCUT2D eigenvalue weighted by Gasteiger charge is -2.17. The van der Waals surface area contributed by atoms with Crippen molar-refractivity contribution in [3.63, 3.8) is 0 Å². The van der Waals surface area contributed by atoms with Crippen molar-refractivity contribution in [1.29, 1.82) is 0 Å². The van der Waals surface area contributed by atoms with Crippen LogP contribution in [0.25, 0.3) is 10.2 Å². The molecule has 0 radical (unpaired) electrons. The van der Waals surface area contributed by atoms with Crippen LogP contribution < -0.4 is 11.3 Å². The Bertz CT molecular complexity index is 766. The van der Waals surface area contributed by atoms with Crippen molar-refractivity contribution in [3.8, 4) is 0 Å². The van der Waals surface area contributed by atoms with Crippen LogP contribution in [0.5, 0.6) is 0 Å². The van der Waals surface area contributed by atoms with Crippen LogP contribution in [-0.2, 0) is 17.6 Å². The molecule has 1 aliphatic rings. The molecule has 5 nitrogen and oxygen atoms in total. The third-order valence-electron chi connectivity index (χ3n) is 3.95. The van der Waals surface area contributed by atoms with Gasteiger partial charge in [0.05, 0.1) is 5.39 Å². The van der Waals surface area contributed by atoms with E-state index in [4.69, 9.17) is 5.73 Å². The molecule has 3 rings (SSSR count). The summed E-state index contributed by atoms with van der Waals surface area (Å²) in [7, 11) is 0. The molecule has 0 saturated heterocycles. The highest BCUT2D eigenvalue weighted by molar-refractivity contribution is 7.99. The number of H-pyrrole nitrogens is 1. The number of amides is 1. The lowest BCUT2D eigenvalue weighted by Crippen LogP contribution is -2.13. The quantitative estimate of drug-likeness (QED) is 0.498. The Morgan fingerprint density at radius 2 is 2.36 bits per heavy atom. The van der Waals surface area contributed by atoms with Crippen molar-refractivity contribution >= 4 is 39.2 Å². The molecule has 0 aromatic carbocycles. The number of carbonyl (C=O) groups is 1. The van der Waals surface area contributed by atoms with Crippen molar-refractivity contribution in [2.24, 2.45) is 11.7 Å². The minimum Gasteiger partial charge on any atom is -0.370 e. The number of aryl methyl sites for hydroxylation is 1. The fourth-order valence-electron chi connectivity index (χ4n) is 2.81. The number of nitrogens with two attached hydrogens (primary N) is 1. The average Bonchev–Trinajstić information content (AvgIpc) is 2.81. The molecule has 0 spiro atoms. The highest BCUT2D eigenvalue weighted by Gasteiger charge is 2.22. The zero-order valence-corrected chi connectivity index (χ0v) is 14.1. The van der Waals surface area contributed by atoms with Crippen LogP contribution in [0.1, 0.15) is 36.6 Å². The molecule has 7 heteroatoms. The predicted octanol–water partition coefficient (Wildman–Crippen LogP) is 2.47. The normalized spacial score (nSPS) is 17.6.